The number of halogens is 1. The van der Waals surface area contributed by atoms with Crippen molar-refractivity contribution in [2.75, 3.05) is 6.54 Å². The fourth-order valence-corrected chi connectivity index (χ4v) is 4.54. The highest BCUT2D eigenvalue weighted by Crippen LogP contribution is 2.29. The standard InChI is InChI=1S/C17H18ClNO3S/c18-15-7-3-4-8-16(15)23(21,22)19-12-17(20)10-9-13-5-1-2-6-14(13)11-17/h1-8,19-20H,9-12H2/t17-/m0/s1. The van der Waals surface area contributed by atoms with Crippen molar-refractivity contribution in [2.45, 2.75) is 29.8 Å². The van der Waals surface area contributed by atoms with Crippen molar-refractivity contribution in [3.63, 3.8) is 0 Å². The summed E-state index contributed by atoms with van der Waals surface area (Å²) < 4.78 is 27.2. The van der Waals surface area contributed by atoms with E-state index in [0.717, 1.165) is 12.0 Å². The smallest absolute Gasteiger partial charge is 0.242 e. The molecule has 2 N–H and O–H groups in total. The summed E-state index contributed by atoms with van der Waals surface area (Å²) in [5.41, 5.74) is 1.20. The first kappa shape index (κ1) is 16.5. The maximum Gasteiger partial charge on any atom is 0.242 e. The molecule has 0 amide bonds. The molecule has 0 fully saturated rings. The van der Waals surface area contributed by atoms with Crippen LogP contribution in [-0.4, -0.2) is 25.7 Å². The molecule has 0 aromatic heterocycles. The molecule has 0 saturated carbocycles. The van der Waals surface area contributed by atoms with E-state index < -0.39 is 15.6 Å². The van der Waals surface area contributed by atoms with Gasteiger partial charge in [0.25, 0.3) is 0 Å². The van der Waals surface area contributed by atoms with Crippen molar-refractivity contribution >= 4 is 21.6 Å². The van der Waals surface area contributed by atoms with Crippen molar-refractivity contribution in [3.05, 3.63) is 64.7 Å². The van der Waals surface area contributed by atoms with Crippen LogP contribution in [0, 0.1) is 0 Å². The van der Waals surface area contributed by atoms with Gasteiger partial charge in [-0.25, -0.2) is 13.1 Å². The molecule has 0 unspecified atom stereocenters. The number of hydrogen-bond donors (Lipinski definition) is 2. The van der Waals surface area contributed by atoms with Gasteiger partial charge in [-0.3, -0.25) is 0 Å². The number of fused-ring (bicyclic) bond motifs is 1. The second kappa shape index (κ2) is 6.24. The molecule has 1 aliphatic carbocycles. The van der Waals surface area contributed by atoms with E-state index >= 15 is 0 Å². The largest absolute Gasteiger partial charge is 0.388 e. The zero-order valence-electron chi connectivity index (χ0n) is 12.5. The van der Waals surface area contributed by atoms with Crippen LogP contribution in [-0.2, 0) is 22.9 Å². The predicted octanol–water partition coefficient (Wildman–Crippen LogP) is 2.54. The lowest BCUT2D eigenvalue weighted by atomic mass is 9.80. The molecule has 4 nitrogen and oxygen atoms in total. The summed E-state index contributed by atoms with van der Waals surface area (Å²) in [6.45, 7) is -0.0328. The van der Waals surface area contributed by atoms with Crippen molar-refractivity contribution in [1.29, 1.82) is 0 Å². The first-order valence-corrected chi connectivity index (χ1v) is 9.29. The average Bonchev–Trinajstić information content (AvgIpc) is 2.53. The number of aryl methyl sites for hydroxylation is 1. The van der Waals surface area contributed by atoms with Crippen LogP contribution in [0.1, 0.15) is 17.5 Å². The van der Waals surface area contributed by atoms with E-state index in [4.69, 9.17) is 11.6 Å². The molecule has 0 radical (unpaired) electrons. The third-order valence-electron chi connectivity index (χ3n) is 4.22. The highest BCUT2D eigenvalue weighted by Gasteiger charge is 2.33. The van der Waals surface area contributed by atoms with E-state index in [0.29, 0.717) is 12.8 Å². The van der Waals surface area contributed by atoms with Gasteiger partial charge in [-0.15, -0.1) is 0 Å². The number of rotatable bonds is 4. The number of benzene rings is 2. The number of nitrogens with one attached hydrogen (secondary N) is 1. The number of hydrogen-bond acceptors (Lipinski definition) is 3. The van der Waals surface area contributed by atoms with E-state index in [1.807, 2.05) is 24.3 Å². The predicted molar refractivity (Wildman–Crippen MR) is 90.1 cm³/mol. The van der Waals surface area contributed by atoms with Gasteiger partial charge in [0.15, 0.2) is 0 Å². The van der Waals surface area contributed by atoms with E-state index in [9.17, 15) is 13.5 Å². The normalized spacial score (nSPS) is 21.0. The van der Waals surface area contributed by atoms with Crippen LogP contribution >= 0.6 is 11.6 Å². The monoisotopic (exact) mass is 351 g/mol. The van der Waals surface area contributed by atoms with E-state index in [2.05, 4.69) is 4.72 Å². The lowest BCUT2D eigenvalue weighted by molar-refractivity contribution is 0.0317. The maximum atomic E-state index is 12.4. The molecule has 0 aliphatic heterocycles. The Balaban J connectivity index is 1.75. The van der Waals surface area contributed by atoms with Crippen molar-refractivity contribution in [3.8, 4) is 0 Å². The molecule has 2 aromatic rings. The van der Waals surface area contributed by atoms with Gasteiger partial charge >= 0.3 is 0 Å². The lowest BCUT2D eigenvalue weighted by Gasteiger charge is -2.33. The van der Waals surface area contributed by atoms with Crippen LogP contribution in [0.15, 0.2) is 53.4 Å². The lowest BCUT2D eigenvalue weighted by Crippen LogP contribution is -2.46. The van der Waals surface area contributed by atoms with Crippen LogP contribution in [0.25, 0.3) is 0 Å². The van der Waals surface area contributed by atoms with Crippen LogP contribution in [0.2, 0.25) is 5.02 Å². The molecular weight excluding hydrogens is 334 g/mol. The molecule has 6 heteroatoms. The Hall–Kier alpha value is -1.40. The van der Waals surface area contributed by atoms with Gasteiger partial charge in [0.2, 0.25) is 10.0 Å². The summed E-state index contributed by atoms with van der Waals surface area (Å²) in [6.07, 6.45) is 1.70. The molecule has 0 spiro atoms. The summed E-state index contributed by atoms with van der Waals surface area (Å²) in [5, 5.41) is 10.9. The number of aliphatic hydroxyl groups is 1. The Morgan fingerprint density at radius 3 is 2.48 bits per heavy atom. The molecule has 0 saturated heterocycles. The number of sulfonamides is 1. The van der Waals surface area contributed by atoms with Crippen molar-refractivity contribution < 1.29 is 13.5 Å². The third-order valence-corrected chi connectivity index (χ3v) is 6.12. The summed E-state index contributed by atoms with van der Waals surface area (Å²) in [7, 11) is -3.75. The topological polar surface area (TPSA) is 66.4 Å². The third kappa shape index (κ3) is 3.58. The van der Waals surface area contributed by atoms with Gasteiger partial charge in [-0.1, -0.05) is 48.0 Å². The van der Waals surface area contributed by atoms with Crippen LogP contribution in [0.4, 0.5) is 0 Å². The average molecular weight is 352 g/mol. The molecule has 0 heterocycles. The summed E-state index contributed by atoms with van der Waals surface area (Å²) in [5.74, 6) is 0. The minimum absolute atomic E-state index is 0.0291. The Morgan fingerprint density at radius 2 is 1.74 bits per heavy atom. The SMILES string of the molecule is O=S(=O)(NC[C@]1(O)CCc2ccccc2C1)c1ccccc1Cl. The van der Waals surface area contributed by atoms with E-state index in [1.165, 1.54) is 17.7 Å². The fraction of sp³-hybridized carbons (Fsp3) is 0.294. The molecule has 1 atom stereocenters. The minimum Gasteiger partial charge on any atom is -0.388 e. The van der Waals surface area contributed by atoms with Gasteiger partial charge in [0, 0.05) is 13.0 Å². The van der Waals surface area contributed by atoms with E-state index in [1.54, 1.807) is 12.1 Å². The summed E-state index contributed by atoms with van der Waals surface area (Å²) >= 11 is 5.95. The van der Waals surface area contributed by atoms with Crippen LogP contribution in [0.3, 0.4) is 0 Å². The molecule has 1 aliphatic rings. The molecule has 3 rings (SSSR count). The van der Waals surface area contributed by atoms with Gasteiger partial charge in [-0.05, 0) is 36.1 Å². The van der Waals surface area contributed by atoms with Gasteiger partial charge < -0.3 is 5.11 Å². The molecule has 0 bridgehead atoms. The van der Waals surface area contributed by atoms with Gasteiger partial charge in [0.1, 0.15) is 4.90 Å². The minimum atomic E-state index is -3.75. The summed E-state index contributed by atoms with van der Waals surface area (Å²) in [4.78, 5) is 0.0291. The molecular formula is C17H18ClNO3S. The van der Waals surface area contributed by atoms with E-state index in [-0.39, 0.29) is 16.5 Å². The molecule has 23 heavy (non-hydrogen) atoms. The van der Waals surface area contributed by atoms with Crippen LogP contribution in [0.5, 0.6) is 0 Å². The second-order valence-electron chi connectivity index (χ2n) is 5.92. The highest BCUT2D eigenvalue weighted by atomic mass is 35.5. The Bertz CT molecular complexity index is 822. The first-order valence-electron chi connectivity index (χ1n) is 7.43. The van der Waals surface area contributed by atoms with Crippen LogP contribution < -0.4 is 4.72 Å². The maximum absolute atomic E-state index is 12.4. The fourth-order valence-electron chi connectivity index (χ4n) is 2.90. The van der Waals surface area contributed by atoms with Crippen molar-refractivity contribution in [2.24, 2.45) is 0 Å². The Kier molecular flexibility index (Phi) is 4.47. The quantitative estimate of drug-likeness (QED) is 0.889. The Morgan fingerprint density at radius 1 is 1.09 bits per heavy atom. The highest BCUT2D eigenvalue weighted by molar-refractivity contribution is 7.89. The zero-order chi connectivity index (χ0) is 16.5. The summed E-state index contributed by atoms with van der Waals surface area (Å²) in [6, 6.07) is 14.2. The molecule has 122 valence electrons. The van der Waals surface area contributed by atoms with Crippen molar-refractivity contribution in [1.82, 2.24) is 4.72 Å². The van der Waals surface area contributed by atoms with Gasteiger partial charge in [0.05, 0.1) is 10.6 Å². The van der Waals surface area contributed by atoms with Gasteiger partial charge in [-0.2, -0.15) is 0 Å². The molecule has 2 aromatic carbocycles. The zero-order valence-corrected chi connectivity index (χ0v) is 14.1. The first-order chi connectivity index (χ1) is 10.9. The Labute approximate surface area is 141 Å². The second-order valence-corrected chi connectivity index (χ2v) is 8.07.